The number of carbonyl (C=O) groups is 1. The molecule has 0 aromatic carbocycles. The number of hydrogen-bond acceptors (Lipinski definition) is 5. The fourth-order valence-corrected chi connectivity index (χ4v) is 5.09. The topological polar surface area (TPSA) is 53.6 Å². The van der Waals surface area contributed by atoms with Crippen LogP contribution >= 0.6 is 23.7 Å². The van der Waals surface area contributed by atoms with Crippen LogP contribution in [0.15, 0.2) is 16.8 Å². The van der Waals surface area contributed by atoms with Crippen molar-refractivity contribution in [3.63, 3.8) is 0 Å². The number of nitrogens with zero attached hydrogens (tertiary/aromatic N) is 1. The molecule has 0 bridgehead atoms. The van der Waals surface area contributed by atoms with Gasteiger partial charge in [-0.2, -0.15) is 11.3 Å². The van der Waals surface area contributed by atoms with Crippen LogP contribution in [-0.4, -0.2) is 55.7 Å². The molecule has 26 heavy (non-hydrogen) atoms. The predicted octanol–water partition coefficient (Wildman–Crippen LogP) is 2.41. The minimum atomic E-state index is 0. The van der Waals surface area contributed by atoms with Gasteiger partial charge in [-0.3, -0.25) is 4.79 Å². The number of ether oxygens (including phenoxy) is 1. The van der Waals surface area contributed by atoms with E-state index in [2.05, 4.69) is 32.4 Å². The maximum atomic E-state index is 13.0. The molecule has 3 aliphatic rings. The van der Waals surface area contributed by atoms with Gasteiger partial charge < -0.3 is 20.3 Å². The van der Waals surface area contributed by atoms with E-state index in [1.54, 1.807) is 11.3 Å². The van der Waals surface area contributed by atoms with Gasteiger partial charge in [-0.05, 0) is 73.0 Å². The van der Waals surface area contributed by atoms with E-state index in [-0.39, 0.29) is 24.4 Å². The van der Waals surface area contributed by atoms with Crippen molar-refractivity contribution in [1.29, 1.82) is 0 Å². The van der Waals surface area contributed by atoms with Crippen molar-refractivity contribution in [1.82, 2.24) is 15.5 Å². The summed E-state index contributed by atoms with van der Waals surface area (Å²) in [6.45, 7) is 5.02. The lowest BCUT2D eigenvalue weighted by Crippen LogP contribution is -2.43. The van der Waals surface area contributed by atoms with Crippen LogP contribution in [0.2, 0.25) is 0 Å². The van der Waals surface area contributed by atoms with Crippen molar-refractivity contribution in [3.8, 4) is 0 Å². The molecule has 5 nitrogen and oxygen atoms in total. The number of thiophene rings is 1. The summed E-state index contributed by atoms with van der Waals surface area (Å²) < 4.78 is 5.64. The van der Waals surface area contributed by atoms with Crippen LogP contribution in [0.1, 0.15) is 37.7 Å². The molecular weight excluding hydrogens is 370 g/mol. The third-order valence-electron chi connectivity index (χ3n) is 6.05. The standard InChI is InChI=1S/C19H29N3O2S.ClH/c23-18(12-21-11-16-2-1-8-24-16)22(13-15-3-9-25-14-15)17-10-19(17)4-6-20-7-5-19;/h3,9,14,16-17,20-21H,1-2,4-8,10-13H2;1H. The summed E-state index contributed by atoms with van der Waals surface area (Å²) in [6.07, 6.45) is 6.12. The van der Waals surface area contributed by atoms with Crippen molar-refractivity contribution < 1.29 is 9.53 Å². The van der Waals surface area contributed by atoms with E-state index in [1.165, 1.54) is 24.8 Å². The number of nitrogens with one attached hydrogen (secondary N) is 2. The second-order valence-corrected chi connectivity index (χ2v) is 8.53. The molecule has 7 heteroatoms. The van der Waals surface area contributed by atoms with Gasteiger partial charge >= 0.3 is 0 Å². The minimum absolute atomic E-state index is 0. The minimum Gasteiger partial charge on any atom is -0.377 e. The summed E-state index contributed by atoms with van der Waals surface area (Å²) in [7, 11) is 0. The van der Waals surface area contributed by atoms with Gasteiger partial charge in [-0.25, -0.2) is 0 Å². The van der Waals surface area contributed by atoms with Crippen molar-refractivity contribution in [2.24, 2.45) is 5.41 Å². The van der Waals surface area contributed by atoms with E-state index in [4.69, 9.17) is 4.74 Å². The van der Waals surface area contributed by atoms with Gasteiger partial charge in [0.1, 0.15) is 0 Å². The van der Waals surface area contributed by atoms with E-state index in [0.29, 0.717) is 18.0 Å². The van der Waals surface area contributed by atoms with Crippen LogP contribution in [-0.2, 0) is 16.1 Å². The number of rotatable bonds is 7. The van der Waals surface area contributed by atoms with Crippen molar-refractivity contribution in [3.05, 3.63) is 22.4 Å². The second-order valence-electron chi connectivity index (χ2n) is 7.75. The first-order chi connectivity index (χ1) is 12.3. The highest BCUT2D eigenvalue weighted by atomic mass is 35.5. The lowest BCUT2D eigenvalue weighted by Gasteiger charge is -2.30. The fourth-order valence-electron chi connectivity index (χ4n) is 4.43. The largest absolute Gasteiger partial charge is 0.377 e. The molecule has 1 amide bonds. The lowest BCUT2D eigenvalue weighted by molar-refractivity contribution is -0.132. The summed E-state index contributed by atoms with van der Waals surface area (Å²) in [5.41, 5.74) is 1.64. The van der Waals surface area contributed by atoms with Gasteiger partial charge in [0.05, 0.1) is 12.6 Å². The average Bonchev–Trinajstić information content (AvgIpc) is 3.07. The highest BCUT2D eigenvalue weighted by molar-refractivity contribution is 7.07. The molecule has 1 aliphatic carbocycles. The molecule has 1 spiro atoms. The Labute approximate surface area is 166 Å². The first kappa shape index (κ1) is 20.1. The summed E-state index contributed by atoms with van der Waals surface area (Å²) >= 11 is 1.71. The molecule has 2 saturated heterocycles. The zero-order valence-corrected chi connectivity index (χ0v) is 16.9. The Bertz CT molecular complexity index is 571. The van der Waals surface area contributed by atoms with Crippen LogP contribution in [0.25, 0.3) is 0 Å². The summed E-state index contributed by atoms with van der Waals surface area (Å²) in [5, 5.41) is 11.0. The van der Waals surface area contributed by atoms with Crippen LogP contribution in [0, 0.1) is 5.41 Å². The highest BCUT2D eigenvalue weighted by Gasteiger charge is 2.57. The van der Waals surface area contributed by atoms with E-state index in [0.717, 1.165) is 45.6 Å². The Morgan fingerprint density at radius 3 is 2.96 bits per heavy atom. The zero-order chi connectivity index (χ0) is 17.1. The molecule has 1 aromatic rings. The Morgan fingerprint density at radius 2 is 2.27 bits per heavy atom. The molecule has 146 valence electrons. The summed E-state index contributed by atoms with van der Waals surface area (Å²) in [4.78, 5) is 15.1. The molecule has 2 unspecified atom stereocenters. The molecule has 2 N–H and O–H groups in total. The first-order valence-electron chi connectivity index (χ1n) is 9.60. The summed E-state index contributed by atoms with van der Waals surface area (Å²) in [5.74, 6) is 0.240. The van der Waals surface area contributed by atoms with Crippen LogP contribution in [0.5, 0.6) is 0 Å². The maximum absolute atomic E-state index is 13.0. The normalized spacial score (nSPS) is 26.5. The van der Waals surface area contributed by atoms with Gasteiger partial charge in [0.25, 0.3) is 0 Å². The average molecular weight is 400 g/mol. The second kappa shape index (κ2) is 9.02. The van der Waals surface area contributed by atoms with Gasteiger partial charge in [-0.1, -0.05) is 0 Å². The van der Waals surface area contributed by atoms with Gasteiger partial charge in [0.15, 0.2) is 0 Å². The van der Waals surface area contributed by atoms with Crippen LogP contribution in [0.4, 0.5) is 0 Å². The van der Waals surface area contributed by atoms with Crippen LogP contribution in [0.3, 0.4) is 0 Å². The molecule has 2 aliphatic heterocycles. The van der Waals surface area contributed by atoms with Crippen molar-refractivity contribution in [2.75, 3.05) is 32.8 Å². The molecular formula is C19H30ClN3O2S. The lowest BCUT2D eigenvalue weighted by atomic mass is 9.93. The molecule has 1 saturated carbocycles. The third-order valence-corrected chi connectivity index (χ3v) is 6.78. The quantitative estimate of drug-likeness (QED) is 0.739. The molecule has 4 rings (SSSR count). The van der Waals surface area contributed by atoms with Crippen molar-refractivity contribution >= 4 is 29.7 Å². The van der Waals surface area contributed by atoms with E-state index < -0.39 is 0 Å². The predicted molar refractivity (Wildman–Crippen MR) is 107 cm³/mol. The number of piperidine rings is 1. The third kappa shape index (κ3) is 4.60. The summed E-state index contributed by atoms with van der Waals surface area (Å²) in [6, 6.07) is 2.56. The maximum Gasteiger partial charge on any atom is 0.237 e. The van der Waals surface area contributed by atoms with E-state index in [1.807, 2.05) is 0 Å². The van der Waals surface area contributed by atoms with Gasteiger partial charge in [-0.15, -0.1) is 12.4 Å². The number of hydrogen-bond donors (Lipinski definition) is 2. The van der Waals surface area contributed by atoms with E-state index in [9.17, 15) is 4.79 Å². The monoisotopic (exact) mass is 399 g/mol. The van der Waals surface area contributed by atoms with Crippen LogP contribution < -0.4 is 10.6 Å². The smallest absolute Gasteiger partial charge is 0.237 e. The van der Waals surface area contributed by atoms with E-state index >= 15 is 0 Å². The zero-order valence-electron chi connectivity index (χ0n) is 15.2. The number of halogens is 1. The Balaban J connectivity index is 0.00000196. The first-order valence-corrected chi connectivity index (χ1v) is 10.5. The Kier molecular flexibility index (Phi) is 6.97. The van der Waals surface area contributed by atoms with Gasteiger partial charge in [0.2, 0.25) is 5.91 Å². The molecule has 3 heterocycles. The fraction of sp³-hybridized carbons (Fsp3) is 0.737. The van der Waals surface area contributed by atoms with Crippen molar-refractivity contribution in [2.45, 2.75) is 50.8 Å². The molecule has 1 aromatic heterocycles. The number of carbonyl (C=O) groups excluding carboxylic acids is 1. The number of amides is 1. The van der Waals surface area contributed by atoms with Gasteiger partial charge in [0, 0.05) is 25.7 Å². The Morgan fingerprint density at radius 1 is 1.42 bits per heavy atom. The highest BCUT2D eigenvalue weighted by Crippen LogP contribution is 2.56. The molecule has 3 fully saturated rings. The SMILES string of the molecule is Cl.O=C(CNCC1CCCO1)N(Cc1ccsc1)C1CC12CCNCC2. The Hall–Kier alpha value is -0.660. The molecule has 2 atom stereocenters. The molecule has 0 radical (unpaired) electrons.